The average Bonchev–Trinajstić information content (AvgIpc) is 2.59. The molecule has 126 valence electrons. The summed E-state index contributed by atoms with van der Waals surface area (Å²) in [6, 6.07) is 8.61. The van der Waals surface area contributed by atoms with Crippen LogP contribution in [0.3, 0.4) is 0 Å². The summed E-state index contributed by atoms with van der Waals surface area (Å²) in [7, 11) is 0. The maximum Gasteiger partial charge on any atom is 0.303 e. The Morgan fingerprint density at radius 2 is 1.91 bits per heavy atom. The molecule has 0 unspecified atom stereocenters. The van der Waals surface area contributed by atoms with Gasteiger partial charge in [0.2, 0.25) is 0 Å². The van der Waals surface area contributed by atoms with Gasteiger partial charge in [-0.25, -0.2) is 0 Å². The third kappa shape index (κ3) is 4.47. The molecule has 0 radical (unpaired) electrons. The summed E-state index contributed by atoms with van der Waals surface area (Å²) in [5, 5.41) is 8.72. The topological polar surface area (TPSA) is 49.8 Å². The predicted molar refractivity (Wildman–Crippen MR) is 89.8 cm³/mol. The molecule has 1 aromatic carbocycles. The van der Waals surface area contributed by atoms with E-state index in [2.05, 4.69) is 4.90 Å². The number of ether oxygens (including phenoxy) is 1. The number of hydrogen-bond donors (Lipinski definition) is 1. The standard InChI is InChI=1S/C19H27NO3/c21-19(22)11-8-15-6-9-17(10-7-15)23-14-16-4-3-13-20-12-2-1-5-18(16)20/h6-7,9-10,16,18H,1-5,8,11-14H2,(H,21,22)/t16-,18+/m0/s1. The normalized spacial score (nSPS) is 24.9. The van der Waals surface area contributed by atoms with E-state index in [1.54, 1.807) is 0 Å². The molecule has 2 heterocycles. The first-order chi connectivity index (χ1) is 11.2. The van der Waals surface area contributed by atoms with Gasteiger partial charge in [-0.3, -0.25) is 9.69 Å². The van der Waals surface area contributed by atoms with E-state index in [-0.39, 0.29) is 6.42 Å². The van der Waals surface area contributed by atoms with E-state index in [0.717, 1.165) is 17.9 Å². The van der Waals surface area contributed by atoms with E-state index in [1.165, 1.54) is 45.2 Å². The van der Waals surface area contributed by atoms with Crippen LogP contribution in [-0.2, 0) is 11.2 Å². The van der Waals surface area contributed by atoms with Crippen LogP contribution in [0.5, 0.6) is 5.75 Å². The second-order valence-corrected chi connectivity index (χ2v) is 6.85. The molecule has 2 atom stereocenters. The van der Waals surface area contributed by atoms with Crippen molar-refractivity contribution in [3.8, 4) is 5.75 Å². The summed E-state index contributed by atoms with van der Waals surface area (Å²) in [6.07, 6.45) is 7.35. The summed E-state index contributed by atoms with van der Waals surface area (Å²) >= 11 is 0. The van der Waals surface area contributed by atoms with Crippen molar-refractivity contribution in [1.29, 1.82) is 0 Å². The number of aliphatic carboxylic acids is 1. The average molecular weight is 317 g/mol. The molecule has 4 heteroatoms. The Balaban J connectivity index is 1.50. The predicted octanol–water partition coefficient (Wildman–Crippen LogP) is 3.35. The molecule has 1 aromatic rings. The highest BCUT2D eigenvalue weighted by atomic mass is 16.5. The van der Waals surface area contributed by atoms with Crippen molar-refractivity contribution in [2.75, 3.05) is 19.7 Å². The first kappa shape index (κ1) is 16.3. The summed E-state index contributed by atoms with van der Waals surface area (Å²) in [4.78, 5) is 13.3. The van der Waals surface area contributed by atoms with Gasteiger partial charge in [0.05, 0.1) is 6.61 Å². The van der Waals surface area contributed by atoms with Gasteiger partial charge in [0.25, 0.3) is 0 Å². The quantitative estimate of drug-likeness (QED) is 0.874. The molecule has 0 aromatic heterocycles. The number of hydrogen-bond acceptors (Lipinski definition) is 3. The number of carboxylic acid groups (broad SMARTS) is 1. The molecule has 3 rings (SSSR count). The van der Waals surface area contributed by atoms with E-state index in [4.69, 9.17) is 9.84 Å². The van der Waals surface area contributed by atoms with E-state index < -0.39 is 5.97 Å². The van der Waals surface area contributed by atoms with Gasteiger partial charge in [0.15, 0.2) is 0 Å². The van der Waals surface area contributed by atoms with Crippen LogP contribution in [0.25, 0.3) is 0 Å². The summed E-state index contributed by atoms with van der Waals surface area (Å²) in [5.41, 5.74) is 1.05. The molecule has 0 bridgehead atoms. The van der Waals surface area contributed by atoms with Crippen LogP contribution in [0.4, 0.5) is 0 Å². The van der Waals surface area contributed by atoms with E-state index in [0.29, 0.717) is 18.4 Å². The molecule has 0 saturated carbocycles. The Bertz CT molecular complexity index is 512. The van der Waals surface area contributed by atoms with Crippen molar-refractivity contribution in [3.05, 3.63) is 29.8 Å². The monoisotopic (exact) mass is 317 g/mol. The Labute approximate surface area is 138 Å². The molecule has 2 saturated heterocycles. The smallest absolute Gasteiger partial charge is 0.303 e. The number of benzene rings is 1. The fraction of sp³-hybridized carbons (Fsp3) is 0.632. The molecule has 4 nitrogen and oxygen atoms in total. The van der Waals surface area contributed by atoms with Gasteiger partial charge >= 0.3 is 5.97 Å². The van der Waals surface area contributed by atoms with E-state index >= 15 is 0 Å². The zero-order valence-electron chi connectivity index (χ0n) is 13.7. The molecule has 2 aliphatic heterocycles. The van der Waals surface area contributed by atoms with Gasteiger partial charge in [0.1, 0.15) is 5.75 Å². The third-order valence-electron chi connectivity index (χ3n) is 5.24. The van der Waals surface area contributed by atoms with Crippen molar-refractivity contribution >= 4 is 5.97 Å². The van der Waals surface area contributed by atoms with Gasteiger partial charge in [-0.15, -0.1) is 0 Å². The molecular weight excluding hydrogens is 290 g/mol. The number of rotatable bonds is 6. The zero-order valence-corrected chi connectivity index (χ0v) is 13.7. The molecule has 0 spiro atoms. The Hall–Kier alpha value is -1.55. The SMILES string of the molecule is O=C(O)CCc1ccc(OC[C@@H]2CCCN3CCCC[C@H]23)cc1. The van der Waals surface area contributed by atoms with E-state index in [1.807, 2.05) is 24.3 Å². The Morgan fingerprint density at radius 3 is 2.70 bits per heavy atom. The minimum absolute atomic E-state index is 0.180. The Morgan fingerprint density at radius 1 is 1.13 bits per heavy atom. The van der Waals surface area contributed by atoms with Gasteiger partial charge in [-0.1, -0.05) is 18.6 Å². The fourth-order valence-electron chi connectivity index (χ4n) is 3.98. The van der Waals surface area contributed by atoms with Gasteiger partial charge in [0, 0.05) is 18.4 Å². The lowest BCUT2D eigenvalue weighted by Gasteiger charge is -2.44. The van der Waals surface area contributed by atoms with Crippen LogP contribution in [0.15, 0.2) is 24.3 Å². The lowest BCUT2D eigenvalue weighted by molar-refractivity contribution is -0.136. The number of carbonyl (C=O) groups is 1. The summed E-state index contributed by atoms with van der Waals surface area (Å²) in [5.74, 6) is 0.799. The summed E-state index contributed by atoms with van der Waals surface area (Å²) < 4.78 is 6.03. The number of nitrogens with zero attached hydrogens (tertiary/aromatic N) is 1. The van der Waals surface area contributed by atoms with Crippen molar-refractivity contribution in [1.82, 2.24) is 4.90 Å². The van der Waals surface area contributed by atoms with Gasteiger partial charge < -0.3 is 9.84 Å². The number of carboxylic acids is 1. The lowest BCUT2D eigenvalue weighted by atomic mass is 9.84. The number of aryl methyl sites for hydroxylation is 1. The second kappa shape index (κ2) is 7.82. The van der Waals surface area contributed by atoms with Crippen molar-refractivity contribution in [3.63, 3.8) is 0 Å². The molecule has 2 fully saturated rings. The lowest BCUT2D eigenvalue weighted by Crippen LogP contribution is -2.49. The van der Waals surface area contributed by atoms with Crippen LogP contribution in [-0.4, -0.2) is 41.7 Å². The van der Waals surface area contributed by atoms with Crippen molar-refractivity contribution < 1.29 is 14.6 Å². The third-order valence-corrected chi connectivity index (χ3v) is 5.24. The molecule has 0 aliphatic carbocycles. The van der Waals surface area contributed by atoms with Crippen LogP contribution < -0.4 is 4.74 Å². The number of fused-ring (bicyclic) bond motifs is 1. The first-order valence-electron chi connectivity index (χ1n) is 8.90. The van der Waals surface area contributed by atoms with Gasteiger partial charge in [-0.05, 0) is 62.9 Å². The van der Waals surface area contributed by atoms with Crippen LogP contribution in [0.1, 0.15) is 44.1 Å². The minimum Gasteiger partial charge on any atom is -0.493 e. The Kier molecular flexibility index (Phi) is 5.55. The molecule has 1 N–H and O–H groups in total. The maximum absolute atomic E-state index is 10.6. The molecule has 2 aliphatic rings. The van der Waals surface area contributed by atoms with Crippen molar-refractivity contribution in [2.24, 2.45) is 5.92 Å². The molecular formula is C19H27NO3. The largest absolute Gasteiger partial charge is 0.493 e. The van der Waals surface area contributed by atoms with E-state index in [9.17, 15) is 4.79 Å². The highest BCUT2D eigenvalue weighted by Gasteiger charge is 2.33. The van der Waals surface area contributed by atoms with Crippen LogP contribution in [0, 0.1) is 5.92 Å². The van der Waals surface area contributed by atoms with Crippen LogP contribution >= 0.6 is 0 Å². The molecule has 0 amide bonds. The minimum atomic E-state index is -0.750. The number of piperidine rings is 2. The summed E-state index contributed by atoms with van der Waals surface area (Å²) in [6.45, 7) is 3.33. The fourth-order valence-corrected chi connectivity index (χ4v) is 3.98. The molecule has 23 heavy (non-hydrogen) atoms. The highest BCUT2D eigenvalue weighted by molar-refractivity contribution is 5.67. The highest BCUT2D eigenvalue weighted by Crippen LogP contribution is 2.31. The zero-order chi connectivity index (χ0) is 16.1. The first-order valence-corrected chi connectivity index (χ1v) is 8.90. The van der Waals surface area contributed by atoms with Gasteiger partial charge in [-0.2, -0.15) is 0 Å². The second-order valence-electron chi connectivity index (χ2n) is 6.85. The maximum atomic E-state index is 10.6. The van der Waals surface area contributed by atoms with Crippen LogP contribution in [0.2, 0.25) is 0 Å². The van der Waals surface area contributed by atoms with Crippen molar-refractivity contribution in [2.45, 2.75) is 51.0 Å².